The van der Waals surface area contributed by atoms with Crippen LogP contribution in [-0.2, 0) is 22.4 Å². The average molecular weight is 484 g/mol. The first-order valence-electron chi connectivity index (χ1n) is 11.3. The van der Waals surface area contributed by atoms with Crippen molar-refractivity contribution in [2.45, 2.75) is 31.7 Å². The Labute approximate surface area is 202 Å². The summed E-state index contributed by atoms with van der Waals surface area (Å²) in [5.74, 6) is 0.180. The second kappa shape index (κ2) is 8.51. The van der Waals surface area contributed by atoms with E-state index in [0.29, 0.717) is 29.4 Å². The van der Waals surface area contributed by atoms with Crippen LogP contribution in [0, 0.1) is 5.41 Å². The van der Waals surface area contributed by atoms with E-state index in [0.717, 1.165) is 29.8 Å². The van der Waals surface area contributed by atoms with Gasteiger partial charge in [-0.2, -0.15) is 0 Å². The summed E-state index contributed by atoms with van der Waals surface area (Å²) in [6, 6.07) is 10.1. The van der Waals surface area contributed by atoms with Gasteiger partial charge in [-0.25, -0.2) is 4.79 Å². The van der Waals surface area contributed by atoms with Gasteiger partial charge in [0.1, 0.15) is 0 Å². The van der Waals surface area contributed by atoms with Crippen LogP contribution in [0.15, 0.2) is 36.4 Å². The summed E-state index contributed by atoms with van der Waals surface area (Å²) in [4.78, 5) is 43.4. The number of nitrogens with one attached hydrogen (secondary N) is 1. The summed E-state index contributed by atoms with van der Waals surface area (Å²) >= 11 is 6.52. The van der Waals surface area contributed by atoms with Crippen LogP contribution in [-0.4, -0.2) is 56.1 Å². The first-order valence-corrected chi connectivity index (χ1v) is 11.7. The maximum Gasteiger partial charge on any atom is 0.330 e. The third-order valence-electron chi connectivity index (χ3n) is 7.25. The summed E-state index contributed by atoms with van der Waals surface area (Å²) in [5, 5.41) is 3.00. The van der Waals surface area contributed by atoms with E-state index in [4.69, 9.17) is 21.1 Å². The lowest BCUT2D eigenvalue weighted by Crippen LogP contribution is -2.71. The smallest absolute Gasteiger partial charge is 0.330 e. The van der Waals surface area contributed by atoms with E-state index in [-0.39, 0.29) is 19.0 Å². The topological polar surface area (TPSA) is 88.2 Å². The molecule has 1 N–H and O–H groups in total. The zero-order valence-electron chi connectivity index (χ0n) is 19.1. The van der Waals surface area contributed by atoms with Crippen molar-refractivity contribution in [1.82, 2.24) is 10.2 Å². The molecule has 2 saturated heterocycles. The molecule has 4 amide bonds. The summed E-state index contributed by atoms with van der Waals surface area (Å²) in [6.45, 7) is 0.872. The fraction of sp³-hybridized carbons (Fsp3) is 0.400. The molecule has 0 aromatic heterocycles. The van der Waals surface area contributed by atoms with E-state index >= 15 is 0 Å². The molecule has 178 valence electrons. The number of hydrogen-bond donors (Lipinski definition) is 1. The maximum absolute atomic E-state index is 14.0. The number of amides is 4. The molecular formula is C25H26ClN3O5. The fourth-order valence-electron chi connectivity index (χ4n) is 5.59. The monoisotopic (exact) mass is 483 g/mol. The number of imide groups is 2. The quantitative estimate of drug-likeness (QED) is 0.657. The third-order valence-corrected chi connectivity index (χ3v) is 7.60. The van der Waals surface area contributed by atoms with Gasteiger partial charge in [0.15, 0.2) is 16.9 Å². The van der Waals surface area contributed by atoms with Crippen molar-refractivity contribution in [2.75, 3.05) is 32.2 Å². The lowest BCUT2D eigenvalue weighted by atomic mass is 9.68. The van der Waals surface area contributed by atoms with Crippen LogP contribution in [0.25, 0.3) is 0 Å². The van der Waals surface area contributed by atoms with Gasteiger partial charge in [0, 0.05) is 30.2 Å². The molecule has 8 nitrogen and oxygen atoms in total. The molecule has 9 heteroatoms. The molecule has 3 aliphatic heterocycles. The van der Waals surface area contributed by atoms with Gasteiger partial charge >= 0.3 is 6.03 Å². The van der Waals surface area contributed by atoms with Gasteiger partial charge in [0.2, 0.25) is 11.8 Å². The van der Waals surface area contributed by atoms with Crippen LogP contribution in [0.5, 0.6) is 11.5 Å². The van der Waals surface area contributed by atoms with Crippen molar-refractivity contribution in [1.29, 1.82) is 0 Å². The second-order valence-electron chi connectivity index (χ2n) is 8.89. The first kappa shape index (κ1) is 22.5. The molecule has 0 radical (unpaired) electrons. The predicted molar refractivity (Wildman–Crippen MR) is 126 cm³/mol. The highest BCUT2D eigenvalue weighted by atomic mass is 35.5. The SMILES string of the molecule is COc1ccc(CCN2C(=O)NC(=O)[C@@]3(Cc4c(Cl)cccc4N4CCC[C@H]43)C2=O)cc1OC. The van der Waals surface area contributed by atoms with E-state index in [9.17, 15) is 14.4 Å². The number of carbonyl (C=O) groups is 3. The summed E-state index contributed by atoms with van der Waals surface area (Å²) < 4.78 is 10.6. The molecule has 5 rings (SSSR count). The Bertz CT molecular complexity index is 1190. The molecular weight excluding hydrogens is 458 g/mol. The zero-order chi connectivity index (χ0) is 24.0. The van der Waals surface area contributed by atoms with Crippen molar-refractivity contribution in [2.24, 2.45) is 5.41 Å². The van der Waals surface area contributed by atoms with Crippen LogP contribution >= 0.6 is 11.6 Å². The number of ether oxygens (including phenoxy) is 2. The van der Waals surface area contributed by atoms with Crippen LogP contribution in [0.1, 0.15) is 24.0 Å². The average Bonchev–Trinajstić information content (AvgIpc) is 3.34. The zero-order valence-corrected chi connectivity index (χ0v) is 19.9. The first-order chi connectivity index (χ1) is 16.4. The van der Waals surface area contributed by atoms with Crippen molar-refractivity contribution in [3.05, 3.63) is 52.5 Å². The van der Waals surface area contributed by atoms with Gasteiger partial charge in [-0.3, -0.25) is 19.8 Å². The molecule has 34 heavy (non-hydrogen) atoms. The number of urea groups is 1. The van der Waals surface area contributed by atoms with Crippen molar-refractivity contribution >= 4 is 35.1 Å². The summed E-state index contributed by atoms with van der Waals surface area (Å²) in [6.07, 6.45) is 2.14. The molecule has 0 saturated carbocycles. The van der Waals surface area contributed by atoms with Gasteiger partial charge in [0.05, 0.1) is 20.3 Å². The van der Waals surface area contributed by atoms with Gasteiger partial charge < -0.3 is 14.4 Å². The van der Waals surface area contributed by atoms with Gasteiger partial charge in [-0.1, -0.05) is 23.7 Å². The minimum atomic E-state index is -1.39. The highest BCUT2D eigenvalue weighted by Gasteiger charge is 2.62. The molecule has 3 heterocycles. The van der Waals surface area contributed by atoms with Gasteiger partial charge in [-0.05, 0) is 54.7 Å². The number of barbiturate groups is 1. The Kier molecular flexibility index (Phi) is 5.64. The molecule has 0 bridgehead atoms. The largest absolute Gasteiger partial charge is 0.493 e. The van der Waals surface area contributed by atoms with Crippen molar-refractivity contribution in [3.8, 4) is 11.5 Å². The van der Waals surface area contributed by atoms with Gasteiger partial charge in [-0.15, -0.1) is 0 Å². The second-order valence-corrected chi connectivity index (χ2v) is 9.30. The Hall–Kier alpha value is -3.26. The maximum atomic E-state index is 14.0. The predicted octanol–water partition coefficient (Wildman–Crippen LogP) is 3.19. The molecule has 2 atom stereocenters. The van der Waals surface area contributed by atoms with Crippen LogP contribution in [0.2, 0.25) is 5.02 Å². The number of methoxy groups -OCH3 is 2. The number of hydrogen-bond acceptors (Lipinski definition) is 6. The highest BCUT2D eigenvalue weighted by Crippen LogP contribution is 2.49. The standard InChI is InChI=1S/C25H26ClN3O5/c1-33-19-9-8-15(13-20(19)34-2)10-12-29-23(31)25(22(30)27-24(29)32)14-16-17(26)5-3-6-18(16)28-11-4-7-21(25)28/h3,5-6,8-9,13,21H,4,7,10-12,14H2,1-2H3,(H,27,30,32)/t21-,25-/m0/s1. The van der Waals surface area contributed by atoms with E-state index in [2.05, 4.69) is 10.2 Å². The minimum absolute atomic E-state index is 0.136. The normalized spacial score (nSPS) is 23.6. The van der Waals surface area contributed by atoms with Crippen molar-refractivity contribution in [3.63, 3.8) is 0 Å². The number of rotatable bonds is 5. The lowest BCUT2D eigenvalue weighted by molar-refractivity contribution is -0.153. The third kappa shape index (κ3) is 3.31. The Balaban J connectivity index is 1.47. The summed E-state index contributed by atoms with van der Waals surface area (Å²) in [7, 11) is 3.11. The molecule has 2 aromatic carbocycles. The number of carbonyl (C=O) groups excluding carboxylic acids is 3. The van der Waals surface area contributed by atoms with Crippen LogP contribution < -0.4 is 19.7 Å². The Morgan fingerprint density at radius 2 is 1.91 bits per heavy atom. The molecule has 3 aliphatic rings. The number of halogens is 1. The Morgan fingerprint density at radius 1 is 1.12 bits per heavy atom. The van der Waals surface area contributed by atoms with Crippen LogP contribution in [0.3, 0.4) is 0 Å². The number of nitrogens with zero attached hydrogens (tertiary/aromatic N) is 2. The van der Waals surface area contributed by atoms with E-state index in [1.807, 2.05) is 24.3 Å². The molecule has 0 unspecified atom stereocenters. The number of fused-ring (bicyclic) bond motifs is 4. The van der Waals surface area contributed by atoms with E-state index in [1.54, 1.807) is 26.4 Å². The summed E-state index contributed by atoms with van der Waals surface area (Å²) in [5.41, 5.74) is 1.23. The molecule has 2 fully saturated rings. The number of anilines is 1. The van der Waals surface area contributed by atoms with Crippen molar-refractivity contribution < 1.29 is 23.9 Å². The van der Waals surface area contributed by atoms with Crippen LogP contribution in [0.4, 0.5) is 10.5 Å². The number of benzene rings is 2. The Morgan fingerprint density at radius 3 is 2.68 bits per heavy atom. The molecule has 1 spiro atoms. The molecule has 2 aromatic rings. The lowest BCUT2D eigenvalue weighted by Gasteiger charge is -2.49. The van der Waals surface area contributed by atoms with Gasteiger partial charge in [0.25, 0.3) is 0 Å². The highest BCUT2D eigenvalue weighted by molar-refractivity contribution is 6.32. The fourth-order valence-corrected chi connectivity index (χ4v) is 5.83. The minimum Gasteiger partial charge on any atom is -0.493 e. The van der Waals surface area contributed by atoms with E-state index in [1.165, 1.54) is 4.90 Å². The van der Waals surface area contributed by atoms with E-state index < -0.39 is 23.3 Å². The molecule has 0 aliphatic carbocycles.